The number of rotatable bonds is 8. The van der Waals surface area contributed by atoms with Gasteiger partial charge in [0.15, 0.2) is 0 Å². The van der Waals surface area contributed by atoms with E-state index >= 15 is 0 Å². The molecule has 1 aliphatic rings. The summed E-state index contributed by atoms with van der Waals surface area (Å²) in [6, 6.07) is 14.4. The molecular weight excluding hydrogens is 448 g/mol. The summed E-state index contributed by atoms with van der Waals surface area (Å²) in [5.74, 6) is 2.82. The van der Waals surface area contributed by atoms with Gasteiger partial charge in [0, 0.05) is 0 Å². The lowest BCUT2D eigenvalue weighted by molar-refractivity contribution is 0.178. The fourth-order valence-corrected chi connectivity index (χ4v) is 3.69. The molecule has 2 heterocycles. The van der Waals surface area contributed by atoms with Crippen LogP contribution in [0.25, 0.3) is 0 Å². The number of nitriles is 1. The predicted octanol–water partition coefficient (Wildman–Crippen LogP) is 4.76. The molecule has 0 unspecified atom stereocenters. The second-order valence-electron chi connectivity index (χ2n) is 8.03. The largest absolute Gasteiger partial charge is 0.497 e. The van der Waals surface area contributed by atoms with Gasteiger partial charge in [-0.1, -0.05) is 13.0 Å². The molecule has 10 heteroatoms. The number of hydrogen-bond acceptors (Lipinski definition) is 9. The molecule has 4 rings (SSSR count). The minimum Gasteiger partial charge on any atom is -0.497 e. The molecule has 1 aromatic heterocycles. The zero-order chi connectivity index (χ0) is 24.9. The van der Waals surface area contributed by atoms with Crippen molar-refractivity contribution in [2.24, 2.45) is 0 Å². The first-order valence-corrected chi connectivity index (χ1v) is 11.2. The second kappa shape index (κ2) is 10.3. The van der Waals surface area contributed by atoms with E-state index in [0.717, 1.165) is 17.7 Å². The first-order valence-electron chi connectivity index (χ1n) is 11.2. The molecule has 0 saturated carbocycles. The molecule has 0 radical (unpaired) electrons. The molecule has 180 valence electrons. The summed E-state index contributed by atoms with van der Waals surface area (Å²) in [5, 5.41) is 12.9. The van der Waals surface area contributed by atoms with Crippen LogP contribution in [-0.2, 0) is 4.74 Å². The number of hydrogen-bond donors (Lipinski definition) is 1. The van der Waals surface area contributed by atoms with Gasteiger partial charge in [-0.05, 0) is 62.2 Å². The number of aryl methyl sites for hydroxylation is 1. The quantitative estimate of drug-likeness (QED) is 0.492. The van der Waals surface area contributed by atoms with Crippen molar-refractivity contribution < 1.29 is 19.0 Å². The molecule has 0 bridgehead atoms. The van der Waals surface area contributed by atoms with Crippen molar-refractivity contribution in [2.45, 2.75) is 39.3 Å². The number of carbonyl (C=O) groups excluding carboxylic acids is 1. The van der Waals surface area contributed by atoms with E-state index in [0.29, 0.717) is 35.4 Å². The average Bonchev–Trinajstić information content (AvgIpc) is 3.24. The molecule has 1 saturated heterocycles. The van der Waals surface area contributed by atoms with Gasteiger partial charge in [0.05, 0.1) is 24.8 Å². The van der Waals surface area contributed by atoms with Crippen LogP contribution in [0.2, 0.25) is 0 Å². The zero-order valence-electron chi connectivity index (χ0n) is 20.0. The molecule has 3 aromatic rings. The highest BCUT2D eigenvalue weighted by Crippen LogP contribution is 2.30. The topological polar surface area (TPSA) is 122 Å². The van der Waals surface area contributed by atoms with E-state index in [2.05, 4.69) is 26.3 Å². The van der Waals surface area contributed by atoms with Crippen LogP contribution in [0.3, 0.4) is 0 Å². The molecule has 0 spiro atoms. The smallest absolute Gasteiger partial charge is 0.417 e. The Hall–Kier alpha value is -4.39. The Bertz CT molecular complexity index is 1260. The number of cyclic esters (lactones) is 1. The number of anilines is 2. The molecule has 35 heavy (non-hydrogen) atoms. The summed E-state index contributed by atoms with van der Waals surface area (Å²) in [6.07, 6.45) is 0.255. The van der Waals surface area contributed by atoms with Crippen molar-refractivity contribution in [3.8, 4) is 23.3 Å². The monoisotopic (exact) mass is 474 g/mol. The van der Waals surface area contributed by atoms with Crippen LogP contribution in [0.15, 0.2) is 42.5 Å². The summed E-state index contributed by atoms with van der Waals surface area (Å²) >= 11 is 0. The number of methoxy groups -OCH3 is 1. The van der Waals surface area contributed by atoms with Crippen molar-refractivity contribution in [3.63, 3.8) is 0 Å². The molecule has 2 aromatic carbocycles. The lowest BCUT2D eigenvalue weighted by Crippen LogP contribution is -2.34. The van der Waals surface area contributed by atoms with Crippen molar-refractivity contribution >= 4 is 18.0 Å². The minimum absolute atomic E-state index is 0.119. The second-order valence-corrected chi connectivity index (χ2v) is 8.03. The van der Waals surface area contributed by atoms with E-state index in [-0.39, 0.29) is 18.0 Å². The third kappa shape index (κ3) is 5.24. The van der Waals surface area contributed by atoms with Gasteiger partial charge in [0.1, 0.15) is 35.7 Å². The van der Waals surface area contributed by atoms with Crippen LogP contribution >= 0.6 is 0 Å². The molecule has 1 fully saturated rings. The Morgan fingerprint density at radius 2 is 1.94 bits per heavy atom. The normalized spacial score (nSPS) is 15.8. The Balaban J connectivity index is 1.53. The van der Waals surface area contributed by atoms with Crippen molar-refractivity contribution in [1.29, 1.82) is 5.26 Å². The fraction of sp³-hybridized carbons (Fsp3) is 0.320. The van der Waals surface area contributed by atoms with Crippen LogP contribution in [-0.4, -0.2) is 40.8 Å². The van der Waals surface area contributed by atoms with E-state index in [4.69, 9.17) is 14.2 Å². The highest BCUT2D eigenvalue weighted by molar-refractivity contribution is 5.88. The van der Waals surface area contributed by atoms with Gasteiger partial charge in [-0.25, -0.2) is 9.69 Å². The van der Waals surface area contributed by atoms with Crippen molar-refractivity contribution in [2.75, 3.05) is 23.9 Å². The van der Waals surface area contributed by atoms with Crippen molar-refractivity contribution in [3.05, 3.63) is 59.4 Å². The summed E-state index contributed by atoms with van der Waals surface area (Å²) < 4.78 is 16.2. The SMILES string of the molecule is CC[C@H]1COC(=O)N1c1nc(C)nc(N[C@@H](C)c2ccc(Oc3ccc(OC)cc3)c(C#N)c2)n1. The van der Waals surface area contributed by atoms with E-state index in [1.807, 2.05) is 19.9 Å². The molecule has 10 nitrogen and oxygen atoms in total. The molecule has 1 aliphatic heterocycles. The number of aromatic nitrogens is 3. The van der Waals surface area contributed by atoms with Gasteiger partial charge in [0.25, 0.3) is 0 Å². The number of nitrogens with zero attached hydrogens (tertiary/aromatic N) is 5. The predicted molar refractivity (Wildman–Crippen MR) is 129 cm³/mol. The van der Waals surface area contributed by atoms with Gasteiger partial charge in [-0.15, -0.1) is 0 Å². The standard InChI is InChI=1S/C25H26N6O4/c1-5-19-14-34-25(32)31(19)24-29-16(3)28-23(30-24)27-15(2)17-6-11-22(18(12-17)13-26)35-21-9-7-20(33-4)8-10-21/h6-12,15,19H,5,14H2,1-4H3,(H,27,28,29,30)/t15-,19-/m0/s1. The molecule has 1 N–H and O–H groups in total. The number of ether oxygens (including phenoxy) is 3. The Labute approximate surface area is 203 Å². The summed E-state index contributed by atoms with van der Waals surface area (Å²) in [4.78, 5) is 26.8. The van der Waals surface area contributed by atoms with Gasteiger partial charge in [-0.2, -0.15) is 20.2 Å². The van der Waals surface area contributed by atoms with Crippen LogP contribution < -0.4 is 19.7 Å². The first-order chi connectivity index (χ1) is 16.9. The molecule has 1 amide bonds. The number of benzene rings is 2. The van der Waals surface area contributed by atoms with Crippen molar-refractivity contribution in [1.82, 2.24) is 15.0 Å². The maximum atomic E-state index is 12.2. The van der Waals surface area contributed by atoms with Gasteiger partial charge in [0.2, 0.25) is 11.9 Å². The molecule has 0 aliphatic carbocycles. The number of nitrogens with one attached hydrogen (secondary N) is 1. The average molecular weight is 475 g/mol. The van der Waals surface area contributed by atoms with E-state index < -0.39 is 6.09 Å². The third-order valence-corrected chi connectivity index (χ3v) is 5.64. The Morgan fingerprint density at radius 3 is 2.63 bits per heavy atom. The number of amides is 1. The van der Waals surface area contributed by atoms with E-state index in [1.165, 1.54) is 4.90 Å². The number of carbonyl (C=O) groups is 1. The molecule has 2 atom stereocenters. The van der Waals surface area contributed by atoms with Gasteiger partial charge in [-0.3, -0.25) is 0 Å². The van der Waals surface area contributed by atoms with Gasteiger partial charge < -0.3 is 19.5 Å². The summed E-state index contributed by atoms with van der Waals surface area (Å²) in [5.41, 5.74) is 1.24. The van der Waals surface area contributed by atoms with E-state index in [1.54, 1.807) is 50.4 Å². The highest BCUT2D eigenvalue weighted by Gasteiger charge is 2.35. The highest BCUT2D eigenvalue weighted by atomic mass is 16.6. The summed E-state index contributed by atoms with van der Waals surface area (Å²) in [6.45, 7) is 5.95. The Morgan fingerprint density at radius 1 is 1.20 bits per heavy atom. The summed E-state index contributed by atoms with van der Waals surface area (Å²) in [7, 11) is 1.60. The molecular formula is C25H26N6O4. The first kappa shape index (κ1) is 23.8. The van der Waals surface area contributed by atoms with Crippen LogP contribution in [0.4, 0.5) is 16.7 Å². The Kier molecular flexibility index (Phi) is 6.96. The maximum absolute atomic E-state index is 12.2. The van der Waals surface area contributed by atoms with Crippen LogP contribution in [0, 0.1) is 18.3 Å². The zero-order valence-corrected chi connectivity index (χ0v) is 20.0. The maximum Gasteiger partial charge on any atom is 0.417 e. The lowest BCUT2D eigenvalue weighted by atomic mass is 10.0. The fourth-order valence-electron chi connectivity index (χ4n) is 3.69. The van der Waals surface area contributed by atoms with Gasteiger partial charge >= 0.3 is 6.09 Å². The van der Waals surface area contributed by atoms with Crippen LogP contribution in [0.1, 0.15) is 43.3 Å². The third-order valence-electron chi connectivity index (χ3n) is 5.64. The lowest BCUT2D eigenvalue weighted by Gasteiger charge is -2.20. The van der Waals surface area contributed by atoms with Crippen LogP contribution in [0.5, 0.6) is 17.2 Å². The minimum atomic E-state index is -0.465. The van der Waals surface area contributed by atoms with E-state index in [9.17, 15) is 10.1 Å².